The van der Waals surface area contributed by atoms with E-state index in [1.165, 1.54) is 5.56 Å². The number of esters is 1. The third-order valence-electron chi connectivity index (χ3n) is 3.62. The molecule has 0 spiro atoms. The Morgan fingerprint density at radius 3 is 2.64 bits per heavy atom. The number of hydrogen-bond acceptors (Lipinski definition) is 6. The molecule has 0 aliphatic heterocycles. The fraction of sp³-hybridized carbons (Fsp3) is 0.211. The van der Waals surface area contributed by atoms with Crippen molar-refractivity contribution in [2.45, 2.75) is 20.4 Å². The standard InChI is InChI=1S/C19H19N3O3/c1-3-24-19(23)15-6-4-5-7-16(15)20-12-17-21-22-18(25-17)14-10-8-13(2)9-11-14/h4-11,20H,3,12H2,1-2H3. The third-order valence-corrected chi connectivity index (χ3v) is 3.62. The number of nitrogens with one attached hydrogen (secondary N) is 1. The van der Waals surface area contributed by atoms with Gasteiger partial charge in [0.05, 0.1) is 18.7 Å². The van der Waals surface area contributed by atoms with E-state index in [4.69, 9.17) is 9.15 Å². The molecule has 0 aliphatic carbocycles. The van der Waals surface area contributed by atoms with Crippen LogP contribution >= 0.6 is 0 Å². The van der Waals surface area contributed by atoms with E-state index in [1.807, 2.05) is 43.3 Å². The van der Waals surface area contributed by atoms with Crippen LogP contribution in [0.2, 0.25) is 0 Å². The van der Waals surface area contributed by atoms with Gasteiger partial charge in [0, 0.05) is 11.3 Å². The Bertz CT molecular complexity index is 856. The summed E-state index contributed by atoms with van der Waals surface area (Å²) in [6.45, 7) is 4.44. The summed E-state index contributed by atoms with van der Waals surface area (Å²) in [4.78, 5) is 12.0. The predicted molar refractivity (Wildman–Crippen MR) is 94.2 cm³/mol. The monoisotopic (exact) mass is 337 g/mol. The first-order valence-electron chi connectivity index (χ1n) is 8.07. The Balaban J connectivity index is 1.71. The average Bonchev–Trinajstić information content (AvgIpc) is 3.10. The second-order valence-electron chi connectivity index (χ2n) is 5.49. The Hall–Kier alpha value is -3.15. The first kappa shape index (κ1) is 16.7. The van der Waals surface area contributed by atoms with Crippen LogP contribution < -0.4 is 5.32 Å². The Kier molecular flexibility index (Phi) is 5.09. The highest BCUT2D eigenvalue weighted by Crippen LogP contribution is 2.20. The van der Waals surface area contributed by atoms with Crippen LogP contribution in [0.1, 0.15) is 28.7 Å². The molecule has 1 heterocycles. The van der Waals surface area contributed by atoms with Crippen LogP contribution in [0.4, 0.5) is 5.69 Å². The molecule has 1 aromatic heterocycles. The van der Waals surface area contributed by atoms with Crippen molar-refractivity contribution >= 4 is 11.7 Å². The number of benzene rings is 2. The first-order chi connectivity index (χ1) is 12.2. The highest BCUT2D eigenvalue weighted by atomic mass is 16.5. The Morgan fingerprint density at radius 1 is 1.12 bits per heavy atom. The van der Waals surface area contributed by atoms with Gasteiger partial charge in [-0.2, -0.15) is 0 Å². The van der Waals surface area contributed by atoms with Crippen molar-refractivity contribution in [2.75, 3.05) is 11.9 Å². The summed E-state index contributed by atoms with van der Waals surface area (Å²) in [7, 11) is 0. The van der Waals surface area contributed by atoms with Gasteiger partial charge in [-0.1, -0.05) is 29.8 Å². The summed E-state index contributed by atoms with van der Waals surface area (Å²) >= 11 is 0. The van der Waals surface area contributed by atoms with Gasteiger partial charge in [0.25, 0.3) is 0 Å². The van der Waals surface area contributed by atoms with Gasteiger partial charge in [-0.25, -0.2) is 4.79 Å². The zero-order valence-electron chi connectivity index (χ0n) is 14.2. The molecule has 6 nitrogen and oxygen atoms in total. The molecular weight excluding hydrogens is 318 g/mol. The van der Waals surface area contributed by atoms with E-state index in [9.17, 15) is 4.79 Å². The van der Waals surface area contributed by atoms with Gasteiger partial charge < -0.3 is 14.5 Å². The summed E-state index contributed by atoms with van der Waals surface area (Å²) in [6.07, 6.45) is 0. The number of carbonyl (C=O) groups is 1. The normalized spacial score (nSPS) is 10.5. The third kappa shape index (κ3) is 4.03. The summed E-state index contributed by atoms with van der Waals surface area (Å²) in [5.41, 5.74) is 3.18. The smallest absolute Gasteiger partial charge is 0.340 e. The van der Waals surface area contributed by atoms with Crippen molar-refractivity contribution in [3.63, 3.8) is 0 Å². The van der Waals surface area contributed by atoms with E-state index >= 15 is 0 Å². The van der Waals surface area contributed by atoms with Gasteiger partial charge in [0.15, 0.2) is 0 Å². The highest BCUT2D eigenvalue weighted by molar-refractivity contribution is 5.95. The van der Waals surface area contributed by atoms with Gasteiger partial charge >= 0.3 is 5.97 Å². The second-order valence-corrected chi connectivity index (χ2v) is 5.49. The first-order valence-corrected chi connectivity index (χ1v) is 8.07. The van der Waals surface area contributed by atoms with E-state index in [0.717, 1.165) is 5.56 Å². The van der Waals surface area contributed by atoms with Crippen molar-refractivity contribution in [1.82, 2.24) is 10.2 Å². The maximum Gasteiger partial charge on any atom is 0.340 e. The van der Waals surface area contributed by atoms with Crippen LogP contribution in [0.3, 0.4) is 0 Å². The molecule has 1 N–H and O–H groups in total. The van der Waals surface area contributed by atoms with Crippen LogP contribution in [0, 0.1) is 6.92 Å². The predicted octanol–water partition coefficient (Wildman–Crippen LogP) is 3.83. The van der Waals surface area contributed by atoms with Crippen molar-refractivity contribution in [3.05, 3.63) is 65.5 Å². The number of hydrogen-bond donors (Lipinski definition) is 1. The average molecular weight is 337 g/mol. The lowest BCUT2D eigenvalue weighted by atomic mass is 10.1. The minimum absolute atomic E-state index is 0.315. The quantitative estimate of drug-likeness (QED) is 0.689. The maximum absolute atomic E-state index is 12.0. The van der Waals surface area contributed by atoms with Crippen molar-refractivity contribution in [3.8, 4) is 11.5 Å². The molecule has 128 valence electrons. The Morgan fingerprint density at radius 2 is 1.88 bits per heavy atom. The molecule has 0 atom stereocenters. The van der Waals surface area contributed by atoms with E-state index in [2.05, 4.69) is 15.5 Å². The summed E-state index contributed by atoms with van der Waals surface area (Å²) in [5.74, 6) is 0.543. The van der Waals surface area contributed by atoms with Crippen molar-refractivity contribution in [1.29, 1.82) is 0 Å². The lowest BCUT2D eigenvalue weighted by molar-refractivity contribution is 0.0527. The van der Waals surface area contributed by atoms with E-state index < -0.39 is 0 Å². The van der Waals surface area contributed by atoms with Gasteiger partial charge in [-0.3, -0.25) is 0 Å². The number of nitrogens with zero attached hydrogens (tertiary/aromatic N) is 2. The van der Waals surface area contributed by atoms with Crippen LogP contribution in [0.25, 0.3) is 11.5 Å². The minimum atomic E-state index is -0.364. The number of para-hydroxylation sites is 1. The lowest BCUT2D eigenvalue weighted by Gasteiger charge is -2.09. The molecule has 6 heteroatoms. The van der Waals surface area contributed by atoms with E-state index in [1.54, 1.807) is 19.1 Å². The molecule has 2 aromatic carbocycles. The number of anilines is 1. The van der Waals surface area contributed by atoms with Gasteiger partial charge in [0.2, 0.25) is 11.8 Å². The van der Waals surface area contributed by atoms with Crippen LogP contribution in [0.5, 0.6) is 0 Å². The van der Waals surface area contributed by atoms with Crippen LogP contribution in [-0.2, 0) is 11.3 Å². The minimum Gasteiger partial charge on any atom is -0.462 e. The van der Waals surface area contributed by atoms with E-state index in [-0.39, 0.29) is 5.97 Å². The molecule has 0 saturated heterocycles. The molecule has 0 aliphatic rings. The summed E-state index contributed by atoms with van der Waals surface area (Å²) in [5, 5.41) is 11.3. The largest absolute Gasteiger partial charge is 0.462 e. The molecule has 0 radical (unpaired) electrons. The number of aryl methyl sites for hydroxylation is 1. The van der Waals surface area contributed by atoms with Crippen molar-refractivity contribution < 1.29 is 13.9 Å². The molecule has 25 heavy (non-hydrogen) atoms. The van der Waals surface area contributed by atoms with E-state index in [0.29, 0.717) is 36.2 Å². The maximum atomic E-state index is 12.0. The second kappa shape index (κ2) is 7.61. The Labute approximate surface area is 145 Å². The molecule has 0 fully saturated rings. The zero-order valence-corrected chi connectivity index (χ0v) is 14.2. The molecular formula is C19H19N3O3. The number of rotatable bonds is 6. The topological polar surface area (TPSA) is 77.2 Å². The molecule has 0 unspecified atom stereocenters. The lowest BCUT2D eigenvalue weighted by Crippen LogP contribution is -2.09. The molecule has 0 amide bonds. The number of ether oxygens (including phenoxy) is 1. The number of aromatic nitrogens is 2. The van der Waals surface area contributed by atoms with Crippen LogP contribution in [-0.4, -0.2) is 22.8 Å². The fourth-order valence-electron chi connectivity index (χ4n) is 2.33. The highest BCUT2D eigenvalue weighted by Gasteiger charge is 2.13. The summed E-state index contributed by atoms with van der Waals surface area (Å²) < 4.78 is 10.7. The van der Waals surface area contributed by atoms with Gasteiger partial charge in [-0.15, -0.1) is 10.2 Å². The fourth-order valence-corrected chi connectivity index (χ4v) is 2.33. The van der Waals surface area contributed by atoms with Gasteiger partial charge in [-0.05, 0) is 38.1 Å². The molecule has 0 bridgehead atoms. The number of carbonyl (C=O) groups excluding carboxylic acids is 1. The molecule has 3 aromatic rings. The van der Waals surface area contributed by atoms with Crippen LogP contribution in [0.15, 0.2) is 52.9 Å². The zero-order chi connectivity index (χ0) is 17.6. The van der Waals surface area contributed by atoms with Gasteiger partial charge in [0.1, 0.15) is 0 Å². The van der Waals surface area contributed by atoms with Crippen molar-refractivity contribution in [2.24, 2.45) is 0 Å². The SMILES string of the molecule is CCOC(=O)c1ccccc1NCc1nnc(-c2ccc(C)cc2)o1. The molecule has 3 rings (SSSR count). The molecule has 0 saturated carbocycles. The summed E-state index contributed by atoms with van der Waals surface area (Å²) in [6, 6.07) is 15.0.